The van der Waals surface area contributed by atoms with Gasteiger partial charge in [0.2, 0.25) is 0 Å². The van der Waals surface area contributed by atoms with Crippen molar-refractivity contribution in [1.82, 2.24) is 4.90 Å². The smallest absolute Gasteiger partial charge is 0.0245 e. The summed E-state index contributed by atoms with van der Waals surface area (Å²) in [6.45, 7) is 12.6. The van der Waals surface area contributed by atoms with Crippen LogP contribution in [0.1, 0.15) is 40.0 Å². The maximum absolute atomic E-state index is 3.90. The van der Waals surface area contributed by atoms with E-state index in [1.165, 1.54) is 41.7 Å². The third kappa shape index (κ3) is 3.59. The van der Waals surface area contributed by atoms with Gasteiger partial charge in [0.05, 0.1) is 0 Å². The molecule has 2 aliphatic rings. The molecule has 2 heterocycles. The Bertz CT molecular complexity index is 554. The van der Waals surface area contributed by atoms with E-state index in [4.69, 9.17) is 0 Å². The highest BCUT2D eigenvalue weighted by Gasteiger charge is 2.32. The van der Waals surface area contributed by atoms with Crippen molar-refractivity contribution in [2.24, 2.45) is 0 Å². The van der Waals surface area contributed by atoms with E-state index in [0.29, 0.717) is 0 Å². The maximum Gasteiger partial charge on any atom is 0.0245 e. The second kappa shape index (κ2) is 8.14. The van der Waals surface area contributed by atoms with Crippen molar-refractivity contribution in [2.45, 2.75) is 46.1 Å². The van der Waals surface area contributed by atoms with Gasteiger partial charge in [0.15, 0.2) is 0 Å². The molecule has 2 aliphatic heterocycles. The molecule has 1 heteroatoms. The average molecular weight is 295 g/mol. The molecule has 0 aromatic rings. The molecule has 0 amide bonds. The van der Waals surface area contributed by atoms with Crippen LogP contribution in [0.4, 0.5) is 0 Å². The summed E-state index contributed by atoms with van der Waals surface area (Å²) in [4.78, 5) is 2.66. The lowest BCUT2D eigenvalue weighted by atomic mass is 9.85. The largest absolute Gasteiger partial charge is 0.296 e. The van der Waals surface area contributed by atoms with Gasteiger partial charge in [-0.15, -0.1) is 0 Å². The van der Waals surface area contributed by atoms with E-state index in [0.717, 1.165) is 19.0 Å². The molecule has 0 saturated carbocycles. The first-order valence-corrected chi connectivity index (χ1v) is 8.46. The molecule has 1 unspecified atom stereocenters. The van der Waals surface area contributed by atoms with Crippen LogP contribution in [0.3, 0.4) is 0 Å². The van der Waals surface area contributed by atoms with Crippen LogP contribution in [0.2, 0.25) is 0 Å². The van der Waals surface area contributed by atoms with Crippen LogP contribution in [-0.2, 0) is 0 Å². The lowest BCUT2D eigenvalue weighted by molar-refractivity contribution is 0.260. The van der Waals surface area contributed by atoms with Crippen LogP contribution in [-0.4, -0.2) is 24.0 Å². The fourth-order valence-electron chi connectivity index (χ4n) is 3.66. The van der Waals surface area contributed by atoms with Gasteiger partial charge < -0.3 is 0 Å². The highest BCUT2D eigenvalue weighted by molar-refractivity contribution is 5.55. The predicted molar refractivity (Wildman–Crippen MR) is 97.9 cm³/mol. The summed E-state index contributed by atoms with van der Waals surface area (Å²) in [7, 11) is 0. The zero-order valence-corrected chi connectivity index (χ0v) is 14.3. The lowest BCUT2D eigenvalue weighted by Gasteiger charge is -2.34. The van der Waals surface area contributed by atoms with Gasteiger partial charge in [-0.05, 0) is 68.9 Å². The number of hydrogen-bond donors (Lipinski definition) is 0. The predicted octanol–water partition coefficient (Wildman–Crippen LogP) is 5.36. The molecule has 0 aromatic carbocycles. The van der Waals surface area contributed by atoms with Crippen LogP contribution in [0.25, 0.3) is 0 Å². The molecule has 1 atom stereocenters. The molecule has 1 nitrogen and oxygen atoms in total. The van der Waals surface area contributed by atoms with E-state index in [2.05, 4.69) is 68.7 Å². The summed E-state index contributed by atoms with van der Waals surface area (Å²) in [6.07, 6.45) is 18.9. The summed E-state index contributed by atoms with van der Waals surface area (Å²) in [5, 5.41) is 0. The molecule has 1 fully saturated rings. The van der Waals surface area contributed by atoms with Crippen LogP contribution in [0.15, 0.2) is 71.4 Å². The Morgan fingerprint density at radius 1 is 1.09 bits per heavy atom. The van der Waals surface area contributed by atoms with Crippen molar-refractivity contribution < 1.29 is 0 Å². The minimum atomic E-state index is 0.723. The summed E-state index contributed by atoms with van der Waals surface area (Å²) in [5.41, 5.74) is 5.68. The highest BCUT2D eigenvalue weighted by Crippen LogP contribution is 2.37. The monoisotopic (exact) mass is 295 g/mol. The molecule has 0 spiro atoms. The molecule has 0 N–H and O–H groups in total. The Morgan fingerprint density at radius 2 is 1.82 bits per heavy atom. The van der Waals surface area contributed by atoms with E-state index in [-0.39, 0.29) is 0 Å². The average Bonchev–Trinajstić information content (AvgIpc) is 2.98. The van der Waals surface area contributed by atoms with Gasteiger partial charge >= 0.3 is 0 Å². The Hall–Kier alpha value is -1.60. The van der Waals surface area contributed by atoms with E-state index >= 15 is 0 Å². The van der Waals surface area contributed by atoms with Crippen LogP contribution >= 0.6 is 0 Å². The lowest BCUT2D eigenvalue weighted by Crippen LogP contribution is -2.36. The molecule has 118 valence electrons. The third-order valence-electron chi connectivity index (χ3n) is 4.66. The molecule has 2 rings (SSSR count). The van der Waals surface area contributed by atoms with Crippen molar-refractivity contribution in [3.63, 3.8) is 0 Å². The maximum atomic E-state index is 3.90. The Labute approximate surface area is 136 Å². The molecule has 0 aromatic heterocycles. The first kappa shape index (κ1) is 16.8. The van der Waals surface area contributed by atoms with Gasteiger partial charge in [-0.1, -0.05) is 49.1 Å². The standard InChI is InChI=1S/C21H29N/c1-5-10-17(8-4)21-16-22-14-9-13-19(22)15-20(21)18(11-6-2)12-7-3/h5-8,10-12,19H,2,9,13-16H2,1,3-4H3/b10-5-,12-7-,17-8+,18-11+. The number of nitrogens with zero attached hydrogens (tertiary/aromatic N) is 1. The van der Waals surface area contributed by atoms with E-state index in [9.17, 15) is 0 Å². The zero-order valence-electron chi connectivity index (χ0n) is 14.3. The second-order valence-electron chi connectivity index (χ2n) is 6.03. The number of fused-ring (bicyclic) bond motifs is 1. The van der Waals surface area contributed by atoms with E-state index in [1.54, 1.807) is 0 Å². The van der Waals surface area contributed by atoms with Crippen LogP contribution in [0, 0.1) is 0 Å². The highest BCUT2D eigenvalue weighted by atomic mass is 15.2. The van der Waals surface area contributed by atoms with Gasteiger partial charge in [-0.3, -0.25) is 4.90 Å². The quantitative estimate of drug-likeness (QED) is 0.617. The molecule has 1 saturated heterocycles. The van der Waals surface area contributed by atoms with Crippen molar-refractivity contribution in [3.8, 4) is 0 Å². The Kier molecular flexibility index (Phi) is 6.21. The van der Waals surface area contributed by atoms with Crippen molar-refractivity contribution in [1.29, 1.82) is 0 Å². The minimum Gasteiger partial charge on any atom is -0.296 e. The Morgan fingerprint density at radius 3 is 2.45 bits per heavy atom. The van der Waals surface area contributed by atoms with Crippen molar-refractivity contribution in [3.05, 3.63) is 71.4 Å². The molecule has 0 radical (unpaired) electrons. The molecule has 22 heavy (non-hydrogen) atoms. The van der Waals surface area contributed by atoms with Gasteiger partial charge in [0.25, 0.3) is 0 Å². The normalized spacial score (nSPS) is 24.6. The fraction of sp³-hybridized carbons (Fsp3) is 0.429. The summed E-state index contributed by atoms with van der Waals surface area (Å²) >= 11 is 0. The van der Waals surface area contributed by atoms with E-state index < -0.39 is 0 Å². The van der Waals surface area contributed by atoms with Gasteiger partial charge in [-0.2, -0.15) is 0 Å². The van der Waals surface area contributed by atoms with Crippen molar-refractivity contribution in [2.75, 3.05) is 13.1 Å². The summed E-state index contributed by atoms with van der Waals surface area (Å²) < 4.78 is 0. The number of hydrogen-bond acceptors (Lipinski definition) is 1. The topological polar surface area (TPSA) is 3.24 Å². The van der Waals surface area contributed by atoms with Crippen LogP contribution < -0.4 is 0 Å². The van der Waals surface area contributed by atoms with Gasteiger partial charge in [0, 0.05) is 12.6 Å². The zero-order chi connectivity index (χ0) is 15.9. The molecule has 0 bridgehead atoms. The SMILES string of the molecule is C=C/C=C(\C=C/C)C1=C(C(/C=C\C)=C/C)CN2CCCC2C1. The second-order valence-corrected chi connectivity index (χ2v) is 6.03. The fourth-order valence-corrected chi connectivity index (χ4v) is 3.66. The molecule has 0 aliphatic carbocycles. The third-order valence-corrected chi connectivity index (χ3v) is 4.66. The minimum absolute atomic E-state index is 0.723. The molecular formula is C21H29N. The molecular weight excluding hydrogens is 266 g/mol. The first-order valence-electron chi connectivity index (χ1n) is 8.46. The van der Waals surface area contributed by atoms with E-state index in [1.807, 2.05) is 6.08 Å². The Balaban J connectivity index is 2.52. The van der Waals surface area contributed by atoms with Crippen LogP contribution in [0.5, 0.6) is 0 Å². The van der Waals surface area contributed by atoms with Gasteiger partial charge in [-0.25, -0.2) is 0 Å². The number of allylic oxidation sites excluding steroid dienone is 8. The summed E-state index contributed by atoms with van der Waals surface area (Å²) in [5.74, 6) is 0. The first-order chi connectivity index (χ1) is 10.7. The summed E-state index contributed by atoms with van der Waals surface area (Å²) in [6, 6.07) is 0.723. The number of rotatable bonds is 5. The van der Waals surface area contributed by atoms with Gasteiger partial charge in [0.1, 0.15) is 0 Å². The van der Waals surface area contributed by atoms with Crippen molar-refractivity contribution >= 4 is 0 Å².